The summed E-state index contributed by atoms with van der Waals surface area (Å²) in [6.07, 6.45) is 3.52. The van der Waals surface area contributed by atoms with Gasteiger partial charge in [0, 0.05) is 42.6 Å². The lowest BCUT2D eigenvalue weighted by Crippen LogP contribution is -2.27. The first kappa shape index (κ1) is 19.0. The normalized spacial score (nSPS) is 10.8. The average Bonchev–Trinajstić information content (AvgIpc) is 3.27. The van der Waals surface area contributed by atoms with Crippen LogP contribution < -0.4 is 4.74 Å². The summed E-state index contributed by atoms with van der Waals surface area (Å²) in [7, 11) is 1.76. The molecule has 142 valence electrons. The lowest BCUT2D eigenvalue weighted by Gasteiger charge is -2.15. The van der Waals surface area contributed by atoms with E-state index in [1.807, 2.05) is 30.7 Å². The summed E-state index contributed by atoms with van der Waals surface area (Å²) >= 11 is 5.94. The summed E-state index contributed by atoms with van der Waals surface area (Å²) in [6, 6.07) is 8.81. The van der Waals surface area contributed by atoms with Crippen LogP contribution in [0.3, 0.4) is 0 Å². The fraction of sp³-hybridized carbons (Fsp3) is 0.316. The average molecular weight is 388 g/mol. The summed E-state index contributed by atoms with van der Waals surface area (Å²) in [6.45, 7) is 5.53. The van der Waals surface area contributed by atoms with Gasteiger partial charge in [-0.2, -0.15) is 10.2 Å². The molecule has 8 heteroatoms. The van der Waals surface area contributed by atoms with Gasteiger partial charge < -0.3 is 9.64 Å². The topological polar surface area (TPSA) is 65.2 Å². The Morgan fingerprint density at radius 2 is 2.15 bits per heavy atom. The van der Waals surface area contributed by atoms with Gasteiger partial charge in [-0.3, -0.25) is 9.48 Å². The lowest BCUT2D eigenvalue weighted by atomic mass is 10.2. The minimum atomic E-state index is -0.153. The molecule has 0 saturated heterocycles. The molecule has 0 saturated carbocycles. The Balaban J connectivity index is 1.61. The van der Waals surface area contributed by atoms with Crippen LogP contribution in [-0.4, -0.2) is 37.4 Å². The van der Waals surface area contributed by atoms with E-state index >= 15 is 0 Å². The van der Waals surface area contributed by atoms with Crippen LogP contribution >= 0.6 is 11.6 Å². The largest absolute Gasteiger partial charge is 0.471 e. The Bertz CT molecular complexity index is 934. The molecule has 0 aliphatic rings. The van der Waals surface area contributed by atoms with E-state index in [0.29, 0.717) is 23.0 Å². The Labute approximate surface area is 163 Å². The molecule has 27 heavy (non-hydrogen) atoms. The van der Waals surface area contributed by atoms with E-state index in [2.05, 4.69) is 10.2 Å². The van der Waals surface area contributed by atoms with Crippen molar-refractivity contribution < 1.29 is 9.53 Å². The molecular weight excluding hydrogens is 366 g/mol. The zero-order valence-corrected chi connectivity index (χ0v) is 16.3. The SMILES string of the molecule is CCn1ncc(CN(C)C(=O)c2ccn(COc3cccc(Cl)c3)n2)c1C. The fourth-order valence-corrected chi connectivity index (χ4v) is 2.91. The van der Waals surface area contributed by atoms with Crippen LogP contribution in [0.25, 0.3) is 0 Å². The van der Waals surface area contributed by atoms with Gasteiger partial charge in [-0.1, -0.05) is 17.7 Å². The van der Waals surface area contributed by atoms with Crippen molar-refractivity contribution in [1.29, 1.82) is 0 Å². The highest BCUT2D eigenvalue weighted by molar-refractivity contribution is 6.30. The van der Waals surface area contributed by atoms with Crippen LogP contribution in [0.2, 0.25) is 5.02 Å². The van der Waals surface area contributed by atoms with Crippen LogP contribution in [0.15, 0.2) is 42.7 Å². The maximum atomic E-state index is 12.6. The zero-order valence-electron chi connectivity index (χ0n) is 15.6. The van der Waals surface area contributed by atoms with Gasteiger partial charge in [0.1, 0.15) is 5.75 Å². The minimum Gasteiger partial charge on any atom is -0.471 e. The van der Waals surface area contributed by atoms with Crippen LogP contribution in [0.4, 0.5) is 0 Å². The first-order valence-corrected chi connectivity index (χ1v) is 9.04. The van der Waals surface area contributed by atoms with E-state index < -0.39 is 0 Å². The highest BCUT2D eigenvalue weighted by Crippen LogP contribution is 2.17. The second-order valence-corrected chi connectivity index (χ2v) is 6.64. The van der Waals surface area contributed by atoms with E-state index in [1.54, 1.807) is 47.2 Å². The van der Waals surface area contributed by atoms with E-state index in [4.69, 9.17) is 16.3 Å². The molecule has 3 aromatic rings. The number of rotatable bonds is 7. The Hall–Kier alpha value is -2.80. The third-order valence-electron chi connectivity index (χ3n) is 4.28. The molecule has 0 bridgehead atoms. The number of hydrogen-bond acceptors (Lipinski definition) is 4. The van der Waals surface area contributed by atoms with Crippen molar-refractivity contribution in [2.24, 2.45) is 0 Å². The van der Waals surface area contributed by atoms with Crippen molar-refractivity contribution in [3.63, 3.8) is 0 Å². The number of carbonyl (C=O) groups is 1. The number of benzene rings is 1. The molecule has 0 atom stereocenters. The maximum Gasteiger partial charge on any atom is 0.274 e. The third kappa shape index (κ3) is 4.49. The van der Waals surface area contributed by atoms with Gasteiger partial charge in [0.2, 0.25) is 0 Å². The van der Waals surface area contributed by atoms with Gasteiger partial charge in [-0.05, 0) is 38.1 Å². The van der Waals surface area contributed by atoms with Crippen molar-refractivity contribution in [3.05, 3.63) is 64.7 Å². The number of hydrogen-bond donors (Lipinski definition) is 0. The van der Waals surface area contributed by atoms with E-state index in [-0.39, 0.29) is 12.6 Å². The molecule has 3 rings (SSSR count). The molecule has 0 spiro atoms. The minimum absolute atomic E-state index is 0.153. The van der Waals surface area contributed by atoms with Crippen LogP contribution in [0, 0.1) is 6.92 Å². The predicted molar refractivity (Wildman–Crippen MR) is 103 cm³/mol. The molecule has 7 nitrogen and oxygen atoms in total. The number of nitrogens with zero attached hydrogens (tertiary/aromatic N) is 5. The van der Waals surface area contributed by atoms with Gasteiger partial charge in [0.05, 0.1) is 6.20 Å². The van der Waals surface area contributed by atoms with Crippen LogP contribution in [0.1, 0.15) is 28.7 Å². The number of aromatic nitrogens is 4. The van der Waals surface area contributed by atoms with Crippen molar-refractivity contribution in [2.75, 3.05) is 7.05 Å². The summed E-state index contributed by atoms with van der Waals surface area (Å²) in [5.74, 6) is 0.492. The Morgan fingerprint density at radius 3 is 2.85 bits per heavy atom. The summed E-state index contributed by atoms with van der Waals surface area (Å²) < 4.78 is 9.12. The second-order valence-electron chi connectivity index (χ2n) is 6.20. The summed E-state index contributed by atoms with van der Waals surface area (Å²) in [5, 5.41) is 9.22. The molecule has 0 fully saturated rings. The maximum absolute atomic E-state index is 12.6. The fourth-order valence-electron chi connectivity index (χ4n) is 2.73. The van der Waals surface area contributed by atoms with Gasteiger partial charge in [0.15, 0.2) is 12.4 Å². The molecule has 0 aliphatic heterocycles. The van der Waals surface area contributed by atoms with Crippen molar-refractivity contribution >= 4 is 17.5 Å². The molecule has 0 N–H and O–H groups in total. The Kier molecular flexibility index (Phi) is 5.81. The lowest BCUT2D eigenvalue weighted by molar-refractivity contribution is 0.0777. The first-order chi connectivity index (χ1) is 13.0. The van der Waals surface area contributed by atoms with Gasteiger partial charge in [-0.25, -0.2) is 4.68 Å². The van der Waals surface area contributed by atoms with Crippen molar-refractivity contribution in [2.45, 2.75) is 33.7 Å². The molecule has 2 heterocycles. The molecule has 0 unspecified atom stereocenters. The first-order valence-electron chi connectivity index (χ1n) is 8.66. The van der Waals surface area contributed by atoms with E-state index in [9.17, 15) is 4.79 Å². The zero-order chi connectivity index (χ0) is 19.4. The number of ether oxygens (including phenoxy) is 1. The molecular formula is C19H22ClN5O2. The summed E-state index contributed by atoms with van der Waals surface area (Å²) in [5.41, 5.74) is 2.46. The molecule has 1 amide bonds. The van der Waals surface area contributed by atoms with Crippen molar-refractivity contribution in [1.82, 2.24) is 24.5 Å². The number of carbonyl (C=O) groups excluding carboxylic acids is 1. The third-order valence-corrected chi connectivity index (χ3v) is 4.51. The van der Waals surface area contributed by atoms with E-state index in [1.165, 1.54) is 0 Å². The standard InChI is InChI=1S/C19H22ClN5O2/c1-4-25-14(2)15(11-21-25)12-23(3)19(26)18-8-9-24(22-18)13-27-17-7-5-6-16(20)10-17/h5-11H,4,12-13H2,1-3H3. The number of aryl methyl sites for hydroxylation is 1. The summed E-state index contributed by atoms with van der Waals surface area (Å²) in [4.78, 5) is 14.3. The smallest absolute Gasteiger partial charge is 0.274 e. The highest BCUT2D eigenvalue weighted by Gasteiger charge is 2.17. The molecule has 0 radical (unpaired) electrons. The predicted octanol–water partition coefficient (Wildman–Crippen LogP) is 3.37. The monoisotopic (exact) mass is 387 g/mol. The van der Waals surface area contributed by atoms with Crippen molar-refractivity contribution in [3.8, 4) is 5.75 Å². The van der Waals surface area contributed by atoms with Gasteiger partial charge in [-0.15, -0.1) is 0 Å². The van der Waals surface area contributed by atoms with Crippen LogP contribution in [0.5, 0.6) is 5.75 Å². The van der Waals surface area contributed by atoms with Crippen LogP contribution in [-0.2, 0) is 19.8 Å². The van der Waals surface area contributed by atoms with E-state index in [0.717, 1.165) is 17.8 Å². The molecule has 0 aliphatic carbocycles. The number of amides is 1. The van der Waals surface area contributed by atoms with Gasteiger partial charge >= 0.3 is 0 Å². The molecule has 2 aromatic heterocycles. The Morgan fingerprint density at radius 1 is 1.33 bits per heavy atom. The van der Waals surface area contributed by atoms with Gasteiger partial charge in [0.25, 0.3) is 5.91 Å². The second kappa shape index (κ2) is 8.26. The highest BCUT2D eigenvalue weighted by atomic mass is 35.5. The quantitative estimate of drug-likeness (QED) is 0.623. The number of halogens is 1. The molecule has 1 aromatic carbocycles.